The topological polar surface area (TPSA) is 80.3 Å². The highest BCUT2D eigenvalue weighted by Gasteiger charge is 2.09. The lowest BCUT2D eigenvalue weighted by Gasteiger charge is -2.15. The Morgan fingerprint density at radius 1 is 1.19 bits per heavy atom. The van der Waals surface area contributed by atoms with Gasteiger partial charge in [0.25, 0.3) is 0 Å². The zero-order chi connectivity index (χ0) is 19.2. The SMILES string of the molecule is CC(=O)Oc1ccc(CCC(C)NC(=O)Nc2ccc3ncsc3c2)cc1. The van der Waals surface area contributed by atoms with Crippen molar-refractivity contribution in [3.05, 3.63) is 53.5 Å². The number of amides is 2. The van der Waals surface area contributed by atoms with Crippen LogP contribution in [0.4, 0.5) is 10.5 Å². The van der Waals surface area contributed by atoms with E-state index in [4.69, 9.17) is 4.74 Å². The molecule has 1 unspecified atom stereocenters. The second-order valence-corrected chi connectivity index (χ2v) is 7.20. The first kappa shape index (κ1) is 18.8. The number of thiazole rings is 1. The fourth-order valence-electron chi connectivity index (χ4n) is 2.67. The average molecular weight is 383 g/mol. The Morgan fingerprint density at radius 3 is 2.70 bits per heavy atom. The van der Waals surface area contributed by atoms with Gasteiger partial charge in [-0.25, -0.2) is 9.78 Å². The Kier molecular flexibility index (Phi) is 6.03. The molecule has 1 atom stereocenters. The number of carbonyl (C=O) groups excluding carboxylic acids is 2. The molecule has 0 radical (unpaired) electrons. The number of hydrogen-bond donors (Lipinski definition) is 2. The molecule has 7 heteroatoms. The van der Waals surface area contributed by atoms with Crippen molar-refractivity contribution in [1.29, 1.82) is 0 Å². The normalized spacial score (nSPS) is 11.8. The van der Waals surface area contributed by atoms with Crippen LogP contribution in [0.2, 0.25) is 0 Å². The van der Waals surface area contributed by atoms with Gasteiger partial charge in [-0.3, -0.25) is 4.79 Å². The van der Waals surface area contributed by atoms with E-state index < -0.39 is 0 Å². The largest absolute Gasteiger partial charge is 0.427 e. The maximum absolute atomic E-state index is 12.2. The number of fused-ring (bicyclic) bond motifs is 1. The number of anilines is 1. The summed E-state index contributed by atoms with van der Waals surface area (Å²) in [6.45, 7) is 3.35. The molecule has 0 aliphatic rings. The molecule has 0 aliphatic heterocycles. The minimum atomic E-state index is -0.332. The van der Waals surface area contributed by atoms with E-state index in [1.165, 1.54) is 6.92 Å². The van der Waals surface area contributed by atoms with Gasteiger partial charge in [0, 0.05) is 18.7 Å². The number of hydrogen-bond acceptors (Lipinski definition) is 5. The number of rotatable bonds is 6. The smallest absolute Gasteiger partial charge is 0.319 e. The number of ether oxygens (including phenoxy) is 1. The van der Waals surface area contributed by atoms with Gasteiger partial charge in [0.05, 0.1) is 15.7 Å². The van der Waals surface area contributed by atoms with E-state index in [0.29, 0.717) is 5.75 Å². The van der Waals surface area contributed by atoms with Crippen molar-refractivity contribution in [1.82, 2.24) is 10.3 Å². The van der Waals surface area contributed by atoms with Gasteiger partial charge in [0.2, 0.25) is 0 Å². The Morgan fingerprint density at radius 2 is 1.96 bits per heavy atom. The predicted octanol–water partition coefficient (Wildman–Crippen LogP) is 4.36. The first-order valence-corrected chi connectivity index (χ1v) is 9.56. The molecule has 2 amide bonds. The van der Waals surface area contributed by atoms with Crippen LogP contribution in [0.25, 0.3) is 10.2 Å². The third-order valence-electron chi connectivity index (χ3n) is 4.02. The number of nitrogens with zero attached hydrogens (tertiary/aromatic N) is 1. The van der Waals surface area contributed by atoms with E-state index in [1.54, 1.807) is 29.0 Å². The molecule has 2 aromatic carbocycles. The molecule has 2 N–H and O–H groups in total. The lowest BCUT2D eigenvalue weighted by molar-refractivity contribution is -0.131. The molecule has 0 saturated heterocycles. The van der Waals surface area contributed by atoms with E-state index in [9.17, 15) is 9.59 Å². The molecule has 1 aromatic heterocycles. The first-order valence-electron chi connectivity index (χ1n) is 8.68. The molecule has 0 bridgehead atoms. The fourth-order valence-corrected chi connectivity index (χ4v) is 3.39. The van der Waals surface area contributed by atoms with Crippen molar-refractivity contribution >= 4 is 39.2 Å². The molecular formula is C20H21N3O3S. The highest BCUT2D eigenvalue weighted by atomic mass is 32.1. The second kappa shape index (κ2) is 8.64. The molecule has 0 saturated carbocycles. The summed E-state index contributed by atoms with van der Waals surface area (Å²) in [5.74, 6) is 0.204. The van der Waals surface area contributed by atoms with Crippen molar-refractivity contribution in [3.8, 4) is 5.75 Å². The molecule has 6 nitrogen and oxygen atoms in total. The summed E-state index contributed by atoms with van der Waals surface area (Å²) in [7, 11) is 0. The summed E-state index contributed by atoms with van der Waals surface area (Å²) >= 11 is 1.54. The van der Waals surface area contributed by atoms with Crippen molar-refractivity contribution in [2.24, 2.45) is 0 Å². The third kappa shape index (κ3) is 5.52. The number of carbonyl (C=O) groups is 2. The van der Waals surface area contributed by atoms with Crippen LogP contribution in [-0.2, 0) is 11.2 Å². The molecule has 0 fully saturated rings. The van der Waals surface area contributed by atoms with Crippen LogP contribution in [0.15, 0.2) is 48.0 Å². The van der Waals surface area contributed by atoms with E-state index in [0.717, 1.165) is 34.3 Å². The Bertz CT molecular complexity index is 937. The summed E-state index contributed by atoms with van der Waals surface area (Å²) < 4.78 is 6.06. The summed E-state index contributed by atoms with van der Waals surface area (Å²) in [5, 5.41) is 5.81. The van der Waals surface area contributed by atoms with Crippen LogP contribution in [0.3, 0.4) is 0 Å². The number of benzene rings is 2. The standard InChI is InChI=1S/C20H21N3O3S/c1-13(3-4-15-5-8-17(9-6-15)26-14(2)24)22-20(25)23-16-7-10-18-19(11-16)27-12-21-18/h5-13H,3-4H2,1-2H3,(H2,22,23,25). The predicted molar refractivity (Wildman–Crippen MR) is 107 cm³/mol. The summed E-state index contributed by atoms with van der Waals surface area (Å²) in [4.78, 5) is 27.3. The van der Waals surface area contributed by atoms with Crippen molar-refractivity contribution in [2.75, 3.05) is 5.32 Å². The van der Waals surface area contributed by atoms with E-state index >= 15 is 0 Å². The lowest BCUT2D eigenvalue weighted by atomic mass is 10.1. The maximum atomic E-state index is 12.2. The molecule has 140 valence electrons. The van der Waals surface area contributed by atoms with Gasteiger partial charge in [-0.05, 0) is 55.7 Å². The van der Waals surface area contributed by atoms with Gasteiger partial charge < -0.3 is 15.4 Å². The van der Waals surface area contributed by atoms with Gasteiger partial charge in [-0.1, -0.05) is 12.1 Å². The Balaban J connectivity index is 1.46. The number of aromatic nitrogens is 1. The summed E-state index contributed by atoms with van der Waals surface area (Å²) in [6, 6.07) is 12.9. The van der Waals surface area contributed by atoms with Crippen molar-refractivity contribution in [2.45, 2.75) is 32.7 Å². The zero-order valence-corrected chi connectivity index (χ0v) is 16.0. The minimum absolute atomic E-state index is 0.0188. The maximum Gasteiger partial charge on any atom is 0.319 e. The lowest BCUT2D eigenvalue weighted by Crippen LogP contribution is -2.36. The second-order valence-electron chi connectivity index (χ2n) is 6.31. The van der Waals surface area contributed by atoms with Gasteiger partial charge >= 0.3 is 12.0 Å². The monoisotopic (exact) mass is 383 g/mol. The minimum Gasteiger partial charge on any atom is -0.427 e. The Hall–Kier alpha value is -2.93. The number of urea groups is 1. The molecule has 27 heavy (non-hydrogen) atoms. The van der Waals surface area contributed by atoms with E-state index in [2.05, 4.69) is 15.6 Å². The summed E-state index contributed by atoms with van der Waals surface area (Å²) in [5.41, 5.74) is 4.59. The number of nitrogens with one attached hydrogen (secondary N) is 2. The van der Waals surface area contributed by atoms with Gasteiger partial charge in [0.15, 0.2) is 0 Å². The number of aryl methyl sites for hydroxylation is 1. The molecule has 0 spiro atoms. The number of esters is 1. The van der Waals surface area contributed by atoms with Gasteiger partial charge in [-0.2, -0.15) is 0 Å². The highest BCUT2D eigenvalue weighted by Crippen LogP contribution is 2.21. The van der Waals surface area contributed by atoms with Crippen LogP contribution in [0.1, 0.15) is 25.8 Å². The third-order valence-corrected chi connectivity index (χ3v) is 4.81. The first-order chi connectivity index (χ1) is 13.0. The van der Waals surface area contributed by atoms with E-state index in [1.807, 2.05) is 37.3 Å². The van der Waals surface area contributed by atoms with Gasteiger partial charge in [0.1, 0.15) is 5.75 Å². The molecule has 3 aromatic rings. The molecule has 3 rings (SSSR count). The molecule has 1 heterocycles. The van der Waals surface area contributed by atoms with Crippen LogP contribution >= 0.6 is 11.3 Å². The quantitative estimate of drug-likeness (QED) is 0.489. The fraction of sp³-hybridized carbons (Fsp3) is 0.250. The van der Waals surface area contributed by atoms with Crippen LogP contribution < -0.4 is 15.4 Å². The van der Waals surface area contributed by atoms with Crippen LogP contribution in [0, 0.1) is 0 Å². The van der Waals surface area contributed by atoms with E-state index in [-0.39, 0.29) is 18.0 Å². The molecule has 0 aliphatic carbocycles. The van der Waals surface area contributed by atoms with Gasteiger partial charge in [-0.15, -0.1) is 11.3 Å². The Labute approximate surface area is 161 Å². The highest BCUT2D eigenvalue weighted by molar-refractivity contribution is 7.16. The van der Waals surface area contributed by atoms with Crippen LogP contribution in [-0.4, -0.2) is 23.0 Å². The van der Waals surface area contributed by atoms with Crippen LogP contribution in [0.5, 0.6) is 5.75 Å². The summed E-state index contributed by atoms with van der Waals surface area (Å²) in [6.07, 6.45) is 1.61. The average Bonchev–Trinajstić information content (AvgIpc) is 3.08. The molecular weight excluding hydrogens is 362 g/mol. The van der Waals surface area contributed by atoms with Crippen molar-refractivity contribution in [3.63, 3.8) is 0 Å². The van der Waals surface area contributed by atoms with Crippen molar-refractivity contribution < 1.29 is 14.3 Å². The zero-order valence-electron chi connectivity index (χ0n) is 15.2.